The Balaban J connectivity index is 1.45. The number of amides is 1. The highest BCUT2D eigenvalue weighted by molar-refractivity contribution is 6.11. The smallest absolute Gasteiger partial charge is 0.259 e. The predicted octanol–water partition coefficient (Wildman–Crippen LogP) is 7.34. The molecule has 1 aromatic heterocycles. The number of furan rings is 1. The predicted molar refractivity (Wildman–Crippen MR) is 159 cm³/mol. The maximum Gasteiger partial charge on any atom is 0.259 e. The fourth-order valence-electron chi connectivity index (χ4n) is 6.03. The molecule has 1 N–H and O–H groups in total. The van der Waals surface area contributed by atoms with E-state index in [1.165, 1.54) is 5.69 Å². The van der Waals surface area contributed by atoms with Crippen LogP contribution in [0.4, 0.5) is 17.1 Å². The third kappa shape index (κ3) is 4.60. The molecule has 2 heterocycles. The summed E-state index contributed by atoms with van der Waals surface area (Å²) in [5, 5.41) is 3.58. The van der Waals surface area contributed by atoms with E-state index in [0.29, 0.717) is 35.4 Å². The van der Waals surface area contributed by atoms with Gasteiger partial charge in [-0.25, -0.2) is 0 Å². The Kier molecular flexibility index (Phi) is 6.99. The SMILES string of the molecule is CCN(CC)c1ccc([C@@H]2CC(=O)C3=C(C2)Nc2ccccc2N(C(=O)c2ccccc2)[C@@H]3c2ccco2)cc1. The van der Waals surface area contributed by atoms with Gasteiger partial charge in [-0.2, -0.15) is 0 Å². The number of anilines is 3. The maximum absolute atomic E-state index is 14.1. The fourth-order valence-corrected chi connectivity index (χ4v) is 6.03. The third-order valence-electron chi connectivity index (χ3n) is 8.03. The largest absolute Gasteiger partial charge is 0.467 e. The number of para-hydroxylation sites is 2. The van der Waals surface area contributed by atoms with Gasteiger partial charge in [0.05, 0.1) is 17.6 Å². The summed E-state index contributed by atoms with van der Waals surface area (Å²) in [5.74, 6) is 0.425. The molecule has 1 amide bonds. The van der Waals surface area contributed by atoms with Gasteiger partial charge in [0.2, 0.25) is 0 Å². The summed E-state index contributed by atoms with van der Waals surface area (Å²) in [4.78, 5) is 32.3. The zero-order chi connectivity index (χ0) is 27.6. The quantitative estimate of drug-likeness (QED) is 0.282. The van der Waals surface area contributed by atoms with Gasteiger partial charge in [-0.3, -0.25) is 14.5 Å². The van der Waals surface area contributed by atoms with Crippen LogP contribution in [0.25, 0.3) is 0 Å². The van der Waals surface area contributed by atoms with Gasteiger partial charge in [-0.15, -0.1) is 0 Å². The first-order chi connectivity index (χ1) is 19.6. The van der Waals surface area contributed by atoms with E-state index in [2.05, 4.69) is 48.3 Å². The lowest BCUT2D eigenvalue weighted by Gasteiger charge is -2.33. The molecule has 6 heteroatoms. The Bertz CT molecular complexity index is 1540. The Labute approximate surface area is 234 Å². The Morgan fingerprint density at radius 3 is 2.33 bits per heavy atom. The van der Waals surface area contributed by atoms with Crippen molar-refractivity contribution in [3.8, 4) is 0 Å². The van der Waals surface area contributed by atoms with Gasteiger partial charge in [0.15, 0.2) is 5.78 Å². The summed E-state index contributed by atoms with van der Waals surface area (Å²) >= 11 is 0. The van der Waals surface area contributed by atoms with E-state index in [1.54, 1.807) is 29.4 Å². The molecular formula is C34H33N3O3. The van der Waals surface area contributed by atoms with Crippen LogP contribution in [0.15, 0.2) is 113 Å². The molecular weight excluding hydrogens is 498 g/mol. The van der Waals surface area contributed by atoms with Crippen molar-refractivity contribution in [1.29, 1.82) is 0 Å². The van der Waals surface area contributed by atoms with Crippen molar-refractivity contribution < 1.29 is 14.0 Å². The first-order valence-corrected chi connectivity index (χ1v) is 14.0. The number of hydrogen-bond acceptors (Lipinski definition) is 5. The van der Waals surface area contributed by atoms with Crippen LogP contribution >= 0.6 is 0 Å². The van der Waals surface area contributed by atoms with E-state index >= 15 is 0 Å². The summed E-state index contributed by atoms with van der Waals surface area (Å²) in [7, 11) is 0. The highest BCUT2D eigenvalue weighted by atomic mass is 16.3. The topological polar surface area (TPSA) is 65.8 Å². The van der Waals surface area contributed by atoms with Gasteiger partial charge < -0.3 is 14.6 Å². The lowest BCUT2D eigenvalue weighted by atomic mass is 9.79. The first-order valence-electron chi connectivity index (χ1n) is 14.0. The van der Waals surface area contributed by atoms with Crippen molar-refractivity contribution >= 4 is 28.8 Å². The van der Waals surface area contributed by atoms with Crippen molar-refractivity contribution in [3.05, 3.63) is 125 Å². The van der Waals surface area contributed by atoms with Gasteiger partial charge in [0, 0.05) is 42.0 Å². The number of rotatable bonds is 6. The van der Waals surface area contributed by atoms with E-state index in [0.717, 1.165) is 30.0 Å². The highest BCUT2D eigenvalue weighted by Gasteiger charge is 2.43. The van der Waals surface area contributed by atoms with E-state index in [-0.39, 0.29) is 17.6 Å². The van der Waals surface area contributed by atoms with Crippen LogP contribution in [0.5, 0.6) is 0 Å². The minimum Gasteiger partial charge on any atom is -0.467 e. The number of hydrogen-bond donors (Lipinski definition) is 1. The number of fused-ring (bicyclic) bond motifs is 1. The molecule has 2 aliphatic rings. The molecule has 6 nitrogen and oxygen atoms in total. The monoisotopic (exact) mass is 531 g/mol. The van der Waals surface area contributed by atoms with Crippen molar-refractivity contribution in [1.82, 2.24) is 0 Å². The molecule has 0 radical (unpaired) electrons. The molecule has 1 aliphatic heterocycles. The molecule has 1 aliphatic carbocycles. The average molecular weight is 532 g/mol. The van der Waals surface area contributed by atoms with Crippen molar-refractivity contribution in [2.45, 2.75) is 38.6 Å². The van der Waals surface area contributed by atoms with Crippen LogP contribution in [0, 0.1) is 0 Å². The Morgan fingerprint density at radius 1 is 0.900 bits per heavy atom. The summed E-state index contributed by atoms with van der Waals surface area (Å²) in [6.07, 6.45) is 2.62. The second-order valence-electron chi connectivity index (χ2n) is 10.3. The van der Waals surface area contributed by atoms with E-state index in [1.807, 2.05) is 48.5 Å². The molecule has 0 spiro atoms. The minimum absolute atomic E-state index is 0.0200. The second kappa shape index (κ2) is 10.9. The van der Waals surface area contributed by atoms with Crippen LogP contribution in [-0.2, 0) is 4.79 Å². The zero-order valence-electron chi connectivity index (χ0n) is 22.8. The summed E-state index contributed by atoms with van der Waals surface area (Å²) in [6, 6.07) is 28.5. The standard InChI is InChI=1S/C34H33N3O3/c1-3-36(4-2)26-18-16-23(17-19-26)25-21-28-32(30(38)22-25)33(31-15-10-20-40-31)37(29-14-9-8-13-27(29)35-28)34(39)24-11-6-5-7-12-24/h5-20,25,33,35H,3-4,21-22H2,1-2H3/t25-,33+/m0/s1. The lowest BCUT2D eigenvalue weighted by molar-refractivity contribution is -0.116. The van der Waals surface area contributed by atoms with Gasteiger partial charge in [0.25, 0.3) is 5.91 Å². The fraction of sp³-hybridized carbons (Fsp3) is 0.235. The number of carbonyl (C=O) groups excluding carboxylic acids is 2. The van der Waals surface area contributed by atoms with Crippen LogP contribution in [0.2, 0.25) is 0 Å². The number of nitrogens with zero attached hydrogens (tertiary/aromatic N) is 2. The molecule has 40 heavy (non-hydrogen) atoms. The van der Waals surface area contributed by atoms with Crippen LogP contribution in [0.1, 0.15) is 60.3 Å². The zero-order valence-corrected chi connectivity index (χ0v) is 22.8. The molecule has 202 valence electrons. The van der Waals surface area contributed by atoms with Gasteiger partial charge in [-0.1, -0.05) is 42.5 Å². The minimum atomic E-state index is -0.688. The van der Waals surface area contributed by atoms with Crippen LogP contribution < -0.4 is 15.1 Å². The number of Topliss-reactive ketones (excluding diaryl/α,β-unsaturated/α-hetero) is 1. The summed E-state index contributed by atoms with van der Waals surface area (Å²) < 4.78 is 5.91. The summed E-state index contributed by atoms with van der Waals surface area (Å²) in [5.41, 5.74) is 5.80. The number of nitrogens with one attached hydrogen (secondary N) is 1. The third-order valence-corrected chi connectivity index (χ3v) is 8.03. The van der Waals surface area contributed by atoms with E-state index in [4.69, 9.17) is 4.42 Å². The molecule has 3 aromatic carbocycles. The average Bonchev–Trinajstić information content (AvgIpc) is 3.48. The normalized spacial score (nSPS) is 18.4. The lowest BCUT2D eigenvalue weighted by Crippen LogP contribution is -2.38. The molecule has 0 saturated heterocycles. The van der Waals surface area contributed by atoms with Crippen molar-refractivity contribution in [2.24, 2.45) is 0 Å². The number of carbonyl (C=O) groups is 2. The Hall–Kier alpha value is -4.58. The highest BCUT2D eigenvalue weighted by Crippen LogP contribution is 2.48. The van der Waals surface area contributed by atoms with E-state index < -0.39 is 6.04 Å². The van der Waals surface area contributed by atoms with Crippen molar-refractivity contribution in [2.75, 3.05) is 28.2 Å². The molecule has 0 saturated carbocycles. The molecule has 2 atom stereocenters. The molecule has 0 fully saturated rings. The number of allylic oxidation sites excluding steroid dienone is 1. The van der Waals surface area contributed by atoms with Gasteiger partial charge in [-0.05, 0) is 80.3 Å². The maximum atomic E-state index is 14.1. The number of ketones is 1. The molecule has 0 unspecified atom stereocenters. The van der Waals surface area contributed by atoms with Crippen LogP contribution in [0.3, 0.4) is 0 Å². The van der Waals surface area contributed by atoms with Gasteiger partial charge >= 0.3 is 0 Å². The Morgan fingerprint density at radius 2 is 1.62 bits per heavy atom. The number of benzene rings is 3. The molecule has 4 aromatic rings. The van der Waals surface area contributed by atoms with E-state index in [9.17, 15) is 9.59 Å². The summed E-state index contributed by atoms with van der Waals surface area (Å²) in [6.45, 7) is 6.21. The molecule has 0 bridgehead atoms. The van der Waals surface area contributed by atoms with Crippen molar-refractivity contribution in [3.63, 3.8) is 0 Å². The van der Waals surface area contributed by atoms with Gasteiger partial charge in [0.1, 0.15) is 11.8 Å². The second-order valence-corrected chi connectivity index (χ2v) is 10.3. The van der Waals surface area contributed by atoms with Crippen LogP contribution in [-0.4, -0.2) is 24.8 Å². The molecule has 6 rings (SSSR count). The first kappa shape index (κ1) is 25.7.